The lowest BCUT2D eigenvalue weighted by Gasteiger charge is -2.08. The minimum absolute atomic E-state index is 0.466. The maximum Gasteiger partial charge on any atom is 0.373 e. The first-order chi connectivity index (χ1) is 9.70. The lowest BCUT2D eigenvalue weighted by Crippen LogP contribution is -2.08. The fraction of sp³-hybridized carbons (Fsp3) is 0.176. The molecule has 0 saturated heterocycles. The van der Waals surface area contributed by atoms with Gasteiger partial charge in [-0.1, -0.05) is 49.4 Å². The summed E-state index contributed by atoms with van der Waals surface area (Å²) in [6, 6.07) is 17.2. The Morgan fingerprint density at radius 2 is 1.50 bits per heavy atom. The van der Waals surface area contributed by atoms with Gasteiger partial charge in [0.05, 0.1) is 5.56 Å². The van der Waals surface area contributed by atoms with E-state index in [1.807, 2.05) is 49.4 Å². The van der Waals surface area contributed by atoms with Crippen molar-refractivity contribution < 1.29 is 14.6 Å². The highest BCUT2D eigenvalue weighted by Gasteiger charge is 2.11. The quantitative estimate of drug-likeness (QED) is 0.596. The van der Waals surface area contributed by atoms with E-state index < -0.39 is 5.97 Å². The zero-order valence-electron chi connectivity index (χ0n) is 11.6. The average Bonchev–Trinajstić information content (AvgIpc) is 2.53. The summed E-state index contributed by atoms with van der Waals surface area (Å²) < 4.78 is 0. The molecule has 0 aliphatic rings. The van der Waals surface area contributed by atoms with Crippen LogP contribution in [0.5, 0.6) is 0 Å². The van der Waals surface area contributed by atoms with E-state index in [2.05, 4.69) is 0 Å². The molecule has 103 valence electrons. The van der Waals surface area contributed by atoms with Crippen molar-refractivity contribution >= 4 is 5.97 Å². The van der Waals surface area contributed by atoms with E-state index in [9.17, 15) is 4.79 Å². The highest BCUT2D eigenvalue weighted by Crippen LogP contribution is 2.19. The second-order valence-electron chi connectivity index (χ2n) is 4.45. The van der Waals surface area contributed by atoms with Gasteiger partial charge in [0.25, 0.3) is 0 Å². The molecule has 0 unspecified atom stereocenters. The zero-order valence-corrected chi connectivity index (χ0v) is 11.6. The Labute approximate surface area is 119 Å². The number of rotatable bonds is 5. The van der Waals surface area contributed by atoms with Crippen LogP contribution in [0, 0.1) is 6.10 Å². The fourth-order valence-electron chi connectivity index (χ4n) is 1.65. The average molecular weight is 269 g/mol. The summed E-state index contributed by atoms with van der Waals surface area (Å²) in [4.78, 5) is 21.4. The molecule has 2 aromatic carbocycles. The summed E-state index contributed by atoms with van der Waals surface area (Å²) in [6.45, 7) is 3.70. The summed E-state index contributed by atoms with van der Waals surface area (Å²) in [5.74, 6) is -0.489. The van der Waals surface area contributed by atoms with Crippen LogP contribution in [0.2, 0.25) is 0 Å². The number of benzene rings is 2. The molecule has 0 fully saturated rings. The third-order valence-corrected chi connectivity index (χ3v) is 2.99. The highest BCUT2D eigenvalue weighted by atomic mass is 17.2. The number of carbonyl (C=O) groups is 1. The second-order valence-corrected chi connectivity index (χ2v) is 4.45. The maximum absolute atomic E-state index is 11.8. The summed E-state index contributed by atoms with van der Waals surface area (Å²) in [6.07, 6.45) is 1.37. The first kappa shape index (κ1) is 14.3. The molecular weight excluding hydrogens is 252 g/mol. The van der Waals surface area contributed by atoms with Crippen LogP contribution in [0.3, 0.4) is 0 Å². The number of hydrogen-bond donors (Lipinski definition) is 0. The molecule has 0 amide bonds. The van der Waals surface area contributed by atoms with Gasteiger partial charge in [-0.3, -0.25) is 4.89 Å². The van der Waals surface area contributed by atoms with E-state index in [1.165, 1.54) is 0 Å². The normalized spacial score (nSPS) is 10.6. The first-order valence-corrected chi connectivity index (χ1v) is 6.57. The van der Waals surface area contributed by atoms with Crippen LogP contribution in [-0.4, -0.2) is 5.97 Å². The molecule has 0 heterocycles. The third-order valence-electron chi connectivity index (χ3n) is 2.99. The van der Waals surface area contributed by atoms with E-state index >= 15 is 0 Å². The van der Waals surface area contributed by atoms with Gasteiger partial charge in [0.2, 0.25) is 0 Å². The van der Waals surface area contributed by atoms with Gasteiger partial charge in [-0.2, -0.15) is 4.89 Å². The van der Waals surface area contributed by atoms with Gasteiger partial charge in [0, 0.05) is 0 Å². The van der Waals surface area contributed by atoms with Crippen molar-refractivity contribution in [1.82, 2.24) is 0 Å². The predicted octanol–water partition coefficient (Wildman–Crippen LogP) is 4.40. The predicted molar refractivity (Wildman–Crippen MR) is 77.6 cm³/mol. The summed E-state index contributed by atoms with van der Waals surface area (Å²) >= 11 is 0. The number of hydrogen-bond acceptors (Lipinski definition) is 3. The Bertz CT molecular complexity index is 546. The van der Waals surface area contributed by atoms with Crippen LogP contribution < -0.4 is 0 Å². The Morgan fingerprint density at radius 1 is 0.900 bits per heavy atom. The molecule has 3 nitrogen and oxygen atoms in total. The Hall–Kier alpha value is -2.13. The van der Waals surface area contributed by atoms with Gasteiger partial charge in [-0.15, -0.1) is 0 Å². The fourth-order valence-corrected chi connectivity index (χ4v) is 1.65. The Balaban J connectivity index is 2.03. The molecule has 0 saturated carbocycles. The molecule has 0 N–H and O–H groups in total. The van der Waals surface area contributed by atoms with Crippen molar-refractivity contribution in [3.05, 3.63) is 66.3 Å². The summed E-state index contributed by atoms with van der Waals surface area (Å²) in [7, 11) is 0. The van der Waals surface area contributed by atoms with Gasteiger partial charge in [-0.05, 0) is 36.6 Å². The summed E-state index contributed by atoms with van der Waals surface area (Å²) in [5, 5.41) is 0. The second kappa shape index (κ2) is 6.87. The van der Waals surface area contributed by atoms with Gasteiger partial charge >= 0.3 is 5.97 Å². The van der Waals surface area contributed by atoms with Gasteiger partial charge < -0.3 is 0 Å². The summed E-state index contributed by atoms with van der Waals surface area (Å²) in [5.41, 5.74) is 2.63. The molecule has 2 rings (SSSR count). The molecule has 0 aliphatic carbocycles. The largest absolute Gasteiger partial charge is 0.373 e. The van der Waals surface area contributed by atoms with Crippen LogP contribution in [0.25, 0.3) is 11.1 Å². The van der Waals surface area contributed by atoms with Gasteiger partial charge in [0.15, 0.2) is 0 Å². The molecule has 0 bridgehead atoms. The van der Waals surface area contributed by atoms with Crippen LogP contribution in [0.15, 0.2) is 54.6 Å². The van der Waals surface area contributed by atoms with Crippen LogP contribution in [-0.2, 0) is 9.78 Å². The maximum atomic E-state index is 11.8. The van der Waals surface area contributed by atoms with E-state index in [0.717, 1.165) is 11.1 Å². The van der Waals surface area contributed by atoms with Crippen molar-refractivity contribution in [3.8, 4) is 11.1 Å². The monoisotopic (exact) mass is 269 g/mol. The Morgan fingerprint density at radius 3 is 2.10 bits per heavy atom. The molecule has 2 aromatic rings. The lowest BCUT2D eigenvalue weighted by molar-refractivity contribution is -0.232. The minimum atomic E-state index is -0.489. The van der Waals surface area contributed by atoms with Crippen molar-refractivity contribution in [2.45, 2.75) is 20.3 Å². The van der Waals surface area contributed by atoms with Gasteiger partial charge in [0.1, 0.15) is 6.10 Å². The lowest BCUT2D eigenvalue weighted by atomic mass is 10.0. The number of carbonyl (C=O) groups excluding carboxylic acids is 1. The third kappa shape index (κ3) is 3.68. The smallest absolute Gasteiger partial charge is 0.292 e. The van der Waals surface area contributed by atoms with Crippen molar-refractivity contribution in [2.24, 2.45) is 0 Å². The van der Waals surface area contributed by atoms with Crippen molar-refractivity contribution in [1.29, 1.82) is 0 Å². The Kier molecular flexibility index (Phi) is 4.91. The molecule has 0 atom stereocenters. The van der Waals surface area contributed by atoms with E-state index in [-0.39, 0.29) is 0 Å². The molecular formula is C17H17O3. The van der Waals surface area contributed by atoms with E-state index in [4.69, 9.17) is 9.78 Å². The van der Waals surface area contributed by atoms with Crippen LogP contribution in [0.1, 0.15) is 30.6 Å². The molecule has 1 radical (unpaired) electrons. The first-order valence-electron chi connectivity index (χ1n) is 6.57. The zero-order chi connectivity index (χ0) is 14.4. The topological polar surface area (TPSA) is 35.5 Å². The highest BCUT2D eigenvalue weighted by molar-refractivity contribution is 5.89. The molecule has 0 aliphatic heterocycles. The molecule has 20 heavy (non-hydrogen) atoms. The molecule has 0 aromatic heterocycles. The minimum Gasteiger partial charge on any atom is -0.292 e. The van der Waals surface area contributed by atoms with E-state index in [0.29, 0.717) is 18.1 Å². The van der Waals surface area contributed by atoms with Crippen LogP contribution in [0.4, 0.5) is 0 Å². The van der Waals surface area contributed by atoms with Crippen molar-refractivity contribution in [3.63, 3.8) is 0 Å². The van der Waals surface area contributed by atoms with E-state index in [1.54, 1.807) is 19.1 Å². The van der Waals surface area contributed by atoms with Crippen LogP contribution >= 0.6 is 0 Å². The van der Waals surface area contributed by atoms with Crippen molar-refractivity contribution in [2.75, 3.05) is 0 Å². The molecule has 3 heteroatoms. The SMILES string of the molecule is CC[C](C)OOC(=O)c1ccc(-c2ccccc2)cc1. The standard InChI is InChI=1S/C17H17O3/c1-3-13(2)19-20-17(18)16-11-9-15(10-12-16)14-7-5-4-6-8-14/h4-12H,3H2,1-2H3. The van der Waals surface area contributed by atoms with Gasteiger partial charge in [-0.25, -0.2) is 4.79 Å². The molecule has 0 spiro atoms.